The van der Waals surface area contributed by atoms with Gasteiger partial charge >= 0.3 is 0 Å². The summed E-state index contributed by atoms with van der Waals surface area (Å²) in [5.41, 5.74) is 2.58. The van der Waals surface area contributed by atoms with Crippen LogP contribution in [0.5, 0.6) is 5.75 Å². The van der Waals surface area contributed by atoms with E-state index in [1.807, 2.05) is 20.8 Å². The number of hydrogen-bond acceptors (Lipinski definition) is 4. The van der Waals surface area contributed by atoms with Crippen molar-refractivity contribution in [2.45, 2.75) is 33.6 Å². The normalized spacial score (nSPS) is 17.7. The number of halogens is 1. The van der Waals surface area contributed by atoms with Crippen molar-refractivity contribution in [3.05, 3.63) is 30.1 Å². The number of Topliss-reactive ketones (excluding diaryl/α,β-unsaturated/α-hetero) is 1. The molecule has 0 aliphatic carbocycles. The molecule has 1 atom stereocenters. The van der Waals surface area contributed by atoms with Gasteiger partial charge in [0.2, 0.25) is 0 Å². The number of ketones is 1. The smallest absolute Gasteiger partial charge is 0.256 e. The second-order valence-corrected chi connectivity index (χ2v) is 6.50. The molecule has 5 nitrogen and oxygen atoms in total. The van der Waals surface area contributed by atoms with Gasteiger partial charge in [0.15, 0.2) is 17.3 Å². The standard InChI is InChI=1S/C17H21FN2O3/c1-17(2,3)15-14(16(22)20-19-15)12(21)8-6-10-23-13-9-5-4-7-11(13)18/h4-5,7,9,14H,6,8,10H2,1-3H3,(H,20,22). The number of carbonyl (C=O) groups is 2. The van der Waals surface area contributed by atoms with Gasteiger partial charge in [-0.05, 0) is 18.6 Å². The fourth-order valence-corrected chi connectivity index (χ4v) is 2.40. The maximum absolute atomic E-state index is 13.4. The second-order valence-electron chi connectivity index (χ2n) is 6.50. The van der Waals surface area contributed by atoms with Crippen LogP contribution >= 0.6 is 0 Å². The van der Waals surface area contributed by atoms with E-state index in [2.05, 4.69) is 10.5 Å². The molecule has 1 aliphatic heterocycles. The minimum absolute atomic E-state index is 0.163. The number of rotatable bonds is 6. The van der Waals surface area contributed by atoms with E-state index in [1.165, 1.54) is 12.1 Å². The third-order valence-electron chi connectivity index (χ3n) is 3.57. The highest BCUT2D eigenvalue weighted by molar-refractivity contribution is 6.24. The lowest BCUT2D eigenvalue weighted by Gasteiger charge is -2.21. The molecule has 1 aromatic carbocycles. The van der Waals surface area contributed by atoms with Crippen LogP contribution in [0.15, 0.2) is 29.4 Å². The van der Waals surface area contributed by atoms with Crippen molar-refractivity contribution in [2.24, 2.45) is 16.4 Å². The molecule has 0 bridgehead atoms. The molecule has 1 aromatic rings. The largest absolute Gasteiger partial charge is 0.491 e. The molecule has 0 radical (unpaired) electrons. The fourth-order valence-electron chi connectivity index (χ4n) is 2.40. The molecule has 2 rings (SSSR count). The molecule has 6 heteroatoms. The van der Waals surface area contributed by atoms with Crippen LogP contribution in [0, 0.1) is 17.2 Å². The Balaban J connectivity index is 1.86. The van der Waals surface area contributed by atoms with Crippen molar-refractivity contribution in [3.8, 4) is 5.75 Å². The average Bonchev–Trinajstić information content (AvgIpc) is 2.87. The topological polar surface area (TPSA) is 67.8 Å². The summed E-state index contributed by atoms with van der Waals surface area (Å²) < 4.78 is 18.7. The van der Waals surface area contributed by atoms with Crippen LogP contribution in [0.1, 0.15) is 33.6 Å². The van der Waals surface area contributed by atoms with Gasteiger partial charge < -0.3 is 4.74 Å². The highest BCUT2D eigenvalue weighted by Gasteiger charge is 2.41. The highest BCUT2D eigenvalue weighted by Crippen LogP contribution is 2.26. The van der Waals surface area contributed by atoms with Crippen molar-refractivity contribution in [2.75, 3.05) is 6.61 Å². The number of nitrogens with zero attached hydrogens (tertiary/aromatic N) is 1. The monoisotopic (exact) mass is 320 g/mol. The molecule has 1 unspecified atom stereocenters. The fraction of sp³-hybridized carbons (Fsp3) is 0.471. The Labute approximate surface area is 134 Å². The molecule has 0 saturated heterocycles. The number of carbonyl (C=O) groups excluding carboxylic acids is 2. The maximum Gasteiger partial charge on any atom is 0.256 e. The van der Waals surface area contributed by atoms with Crippen LogP contribution in [-0.2, 0) is 9.59 Å². The predicted molar refractivity (Wildman–Crippen MR) is 84.7 cm³/mol. The van der Waals surface area contributed by atoms with Crippen molar-refractivity contribution in [1.29, 1.82) is 0 Å². The van der Waals surface area contributed by atoms with E-state index < -0.39 is 11.7 Å². The van der Waals surface area contributed by atoms with E-state index in [-0.39, 0.29) is 35.9 Å². The van der Waals surface area contributed by atoms with Crippen molar-refractivity contribution in [3.63, 3.8) is 0 Å². The Kier molecular flexibility index (Phi) is 5.13. The van der Waals surface area contributed by atoms with E-state index in [0.717, 1.165) is 0 Å². The van der Waals surface area contributed by atoms with Crippen LogP contribution in [-0.4, -0.2) is 24.0 Å². The van der Waals surface area contributed by atoms with Crippen molar-refractivity contribution < 1.29 is 18.7 Å². The molecule has 124 valence electrons. The first-order valence-electron chi connectivity index (χ1n) is 7.58. The van der Waals surface area contributed by atoms with E-state index in [9.17, 15) is 14.0 Å². The summed E-state index contributed by atoms with van der Waals surface area (Å²) in [6, 6.07) is 6.11. The molecule has 1 N–H and O–H groups in total. The molecular weight excluding hydrogens is 299 g/mol. The zero-order valence-corrected chi connectivity index (χ0v) is 13.6. The van der Waals surface area contributed by atoms with Gasteiger partial charge in [-0.1, -0.05) is 32.9 Å². The highest BCUT2D eigenvalue weighted by atomic mass is 19.1. The molecule has 1 aliphatic rings. The van der Waals surface area contributed by atoms with Crippen LogP contribution < -0.4 is 10.2 Å². The third-order valence-corrected chi connectivity index (χ3v) is 3.57. The Hall–Kier alpha value is -2.24. The molecule has 1 heterocycles. The molecule has 0 spiro atoms. The number of para-hydroxylation sites is 1. The predicted octanol–water partition coefficient (Wildman–Crippen LogP) is 2.70. The first-order valence-corrected chi connectivity index (χ1v) is 7.58. The Morgan fingerprint density at radius 3 is 2.70 bits per heavy atom. The van der Waals surface area contributed by atoms with Crippen LogP contribution in [0.4, 0.5) is 4.39 Å². The SMILES string of the molecule is CC(C)(C)C1=NNC(=O)C1C(=O)CCCOc1ccccc1F. The quantitative estimate of drug-likeness (QED) is 0.647. The molecule has 1 amide bonds. The molecule has 0 saturated carbocycles. The van der Waals surface area contributed by atoms with Crippen molar-refractivity contribution >= 4 is 17.4 Å². The summed E-state index contributed by atoms with van der Waals surface area (Å²) in [4.78, 5) is 24.2. The first-order chi connectivity index (χ1) is 10.8. The van der Waals surface area contributed by atoms with Gasteiger partial charge in [-0.3, -0.25) is 9.59 Å². The zero-order chi connectivity index (χ0) is 17.0. The van der Waals surface area contributed by atoms with Gasteiger partial charge in [-0.15, -0.1) is 0 Å². The molecular formula is C17H21FN2O3. The summed E-state index contributed by atoms with van der Waals surface area (Å²) in [5.74, 6) is -1.67. The number of hydrogen-bond donors (Lipinski definition) is 1. The minimum Gasteiger partial charge on any atom is -0.491 e. The number of nitrogens with one attached hydrogen (secondary N) is 1. The zero-order valence-electron chi connectivity index (χ0n) is 13.6. The van der Waals surface area contributed by atoms with Crippen LogP contribution in [0.3, 0.4) is 0 Å². The number of ether oxygens (including phenoxy) is 1. The Morgan fingerprint density at radius 2 is 2.04 bits per heavy atom. The lowest BCUT2D eigenvalue weighted by molar-refractivity contribution is -0.130. The lowest BCUT2D eigenvalue weighted by Crippen LogP contribution is -2.36. The lowest BCUT2D eigenvalue weighted by atomic mass is 9.80. The maximum atomic E-state index is 13.4. The summed E-state index contributed by atoms with van der Waals surface area (Å²) in [6.45, 7) is 5.94. The van der Waals surface area contributed by atoms with Gasteiger partial charge in [0.05, 0.1) is 12.3 Å². The summed E-state index contributed by atoms with van der Waals surface area (Å²) >= 11 is 0. The number of benzene rings is 1. The average molecular weight is 320 g/mol. The van der Waals surface area contributed by atoms with Gasteiger partial charge in [-0.25, -0.2) is 9.82 Å². The van der Waals surface area contributed by atoms with E-state index in [1.54, 1.807) is 12.1 Å². The molecule has 0 aromatic heterocycles. The second kappa shape index (κ2) is 6.89. The van der Waals surface area contributed by atoms with Gasteiger partial charge in [0.25, 0.3) is 5.91 Å². The number of amides is 1. The van der Waals surface area contributed by atoms with E-state index in [0.29, 0.717) is 12.1 Å². The number of hydrazone groups is 1. The summed E-state index contributed by atoms with van der Waals surface area (Å²) in [7, 11) is 0. The summed E-state index contributed by atoms with van der Waals surface area (Å²) in [5, 5.41) is 3.99. The Morgan fingerprint density at radius 1 is 1.35 bits per heavy atom. The van der Waals surface area contributed by atoms with Crippen LogP contribution in [0.2, 0.25) is 0 Å². The van der Waals surface area contributed by atoms with Gasteiger partial charge in [-0.2, -0.15) is 5.10 Å². The van der Waals surface area contributed by atoms with Gasteiger partial charge in [0, 0.05) is 11.8 Å². The minimum atomic E-state index is -0.830. The van der Waals surface area contributed by atoms with E-state index >= 15 is 0 Å². The first kappa shape index (κ1) is 17.1. The third kappa shape index (κ3) is 4.15. The van der Waals surface area contributed by atoms with E-state index in [4.69, 9.17) is 4.74 Å². The molecule has 0 fully saturated rings. The Bertz CT molecular complexity index is 635. The van der Waals surface area contributed by atoms with Crippen LogP contribution in [0.25, 0.3) is 0 Å². The van der Waals surface area contributed by atoms with Crippen molar-refractivity contribution in [1.82, 2.24) is 5.43 Å². The molecule has 23 heavy (non-hydrogen) atoms. The van der Waals surface area contributed by atoms with Gasteiger partial charge in [0.1, 0.15) is 5.92 Å². The summed E-state index contributed by atoms with van der Waals surface area (Å²) in [6.07, 6.45) is 0.593.